The van der Waals surface area contributed by atoms with Crippen molar-refractivity contribution >= 4 is 33.8 Å². The van der Waals surface area contributed by atoms with Gasteiger partial charge in [-0.3, -0.25) is 9.59 Å². The standard InChI is InChI=1S/C15H12BrNO3/c16-12-4-2-5-13(8-12)17-15(19)10-20-14-6-1-3-11(7-14)9-18/h1-9H,10H2,(H,17,19). The number of hydrogen-bond acceptors (Lipinski definition) is 3. The number of anilines is 1. The Balaban J connectivity index is 1.90. The number of amides is 1. The number of carbonyl (C=O) groups excluding carboxylic acids is 2. The van der Waals surface area contributed by atoms with E-state index in [4.69, 9.17) is 4.74 Å². The van der Waals surface area contributed by atoms with E-state index < -0.39 is 0 Å². The van der Waals surface area contributed by atoms with Gasteiger partial charge in [0.05, 0.1) is 0 Å². The van der Waals surface area contributed by atoms with Gasteiger partial charge in [-0.15, -0.1) is 0 Å². The van der Waals surface area contributed by atoms with Gasteiger partial charge in [-0.25, -0.2) is 0 Å². The van der Waals surface area contributed by atoms with Crippen LogP contribution in [0.5, 0.6) is 5.75 Å². The second kappa shape index (κ2) is 6.86. The zero-order valence-corrected chi connectivity index (χ0v) is 12.1. The maximum absolute atomic E-state index is 11.7. The lowest BCUT2D eigenvalue weighted by atomic mass is 10.2. The summed E-state index contributed by atoms with van der Waals surface area (Å²) in [6.07, 6.45) is 0.731. The van der Waals surface area contributed by atoms with Crippen LogP contribution >= 0.6 is 15.9 Å². The third-order valence-corrected chi connectivity index (χ3v) is 2.97. The van der Waals surface area contributed by atoms with Crippen LogP contribution in [0.4, 0.5) is 5.69 Å². The molecule has 1 amide bonds. The Labute approximate surface area is 124 Å². The number of carbonyl (C=O) groups is 2. The Morgan fingerprint density at radius 2 is 2.00 bits per heavy atom. The molecule has 0 aliphatic heterocycles. The molecule has 0 radical (unpaired) electrons. The van der Waals surface area contributed by atoms with Crippen molar-refractivity contribution in [3.05, 3.63) is 58.6 Å². The summed E-state index contributed by atoms with van der Waals surface area (Å²) in [6.45, 7) is -0.116. The van der Waals surface area contributed by atoms with Crippen molar-refractivity contribution in [3.8, 4) is 5.75 Å². The Hall–Kier alpha value is -2.14. The van der Waals surface area contributed by atoms with E-state index in [1.165, 1.54) is 0 Å². The number of rotatable bonds is 5. The summed E-state index contributed by atoms with van der Waals surface area (Å²) in [4.78, 5) is 22.4. The molecule has 0 unspecified atom stereocenters. The minimum Gasteiger partial charge on any atom is -0.484 e. The van der Waals surface area contributed by atoms with Crippen LogP contribution in [0.15, 0.2) is 53.0 Å². The van der Waals surface area contributed by atoms with Crippen molar-refractivity contribution in [2.24, 2.45) is 0 Å². The number of hydrogen-bond donors (Lipinski definition) is 1. The van der Waals surface area contributed by atoms with E-state index in [0.29, 0.717) is 17.0 Å². The van der Waals surface area contributed by atoms with E-state index >= 15 is 0 Å². The molecule has 2 aromatic carbocycles. The maximum atomic E-state index is 11.7. The molecule has 5 heteroatoms. The monoisotopic (exact) mass is 333 g/mol. The molecule has 1 N–H and O–H groups in total. The first-order chi connectivity index (χ1) is 9.67. The van der Waals surface area contributed by atoms with Crippen molar-refractivity contribution in [2.45, 2.75) is 0 Å². The Morgan fingerprint density at radius 1 is 1.20 bits per heavy atom. The molecule has 0 spiro atoms. The average Bonchev–Trinajstić information content (AvgIpc) is 2.45. The molecule has 2 rings (SSSR count). The first-order valence-electron chi connectivity index (χ1n) is 5.91. The summed E-state index contributed by atoms with van der Waals surface area (Å²) in [6, 6.07) is 13.9. The minimum atomic E-state index is -0.264. The van der Waals surface area contributed by atoms with Gasteiger partial charge < -0.3 is 10.1 Å². The van der Waals surface area contributed by atoms with Crippen molar-refractivity contribution < 1.29 is 14.3 Å². The summed E-state index contributed by atoms with van der Waals surface area (Å²) in [5.74, 6) is 0.221. The zero-order valence-electron chi connectivity index (χ0n) is 10.5. The summed E-state index contributed by atoms with van der Waals surface area (Å²) >= 11 is 3.33. The highest BCUT2D eigenvalue weighted by Gasteiger charge is 2.04. The van der Waals surface area contributed by atoms with Gasteiger partial charge in [0.1, 0.15) is 12.0 Å². The number of aldehydes is 1. The lowest BCUT2D eigenvalue weighted by molar-refractivity contribution is -0.118. The van der Waals surface area contributed by atoms with E-state index in [1.54, 1.807) is 36.4 Å². The molecule has 0 aliphatic rings. The highest BCUT2D eigenvalue weighted by molar-refractivity contribution is 9.10. The van der Waals surface area contributed by atoms with Gasteiger partial charge in [0, 0.05) is 15.7 Å². The predicted molar refractivity (Wildman–Crippen MR) is 80.1 cm³/mol. The van der Waals surface area contributed by atoms with Gasteiger partial charge >= 0.3 is 0 Å². The summed E-state index contributed by atoms with van der Waals surface area (Å²) < 4.78 is 6.21. The quantitative estimate of drug-likeness (QED) is 0.854. The SMILES string of the molecule is O=Cc1cccc(OCC(=O)Nc2cccc(Br)c2)c1. The smallest absolute Gasteiger partial charge is 0.262 e. The molecular formula is C15H12BrNO3. The Morgan fingerprint density at radius 3 is 2.75 bits per heavy atom. The van der Waals surface area contributed by atoms with Crippen LogP contribution in [0.3, 0.4) is 0 Å². The summed E-state index contributed by atoms with van der Waals surface area (Å²) in [5, 5.41) is 2.72. The first-order valence-corrected chi connectivity index (χ1v) is 6.70. The van der Waals surface area contributed by atoms with Crippen LogP contribution < -0.4 is 10.1 Å². The van der Waals surface area contributed by atoms with Crippen molar-refractivity contribution in [2.75, 3.05) is 11.9 Å². The molecule has 0 bridgehead atoms. The fraction of sp³-hybridized carbons (Fsp3) is 0.0667. The zero-order chi connectivity index (χ0) is 14.4. The lowest BCUT2D eigenvalue weighted by Crippen LogP contribution is -2.20. The third-order valence-electron chi connectivity index (χ3n) is 2.47. The highest BCUT2D eigenvalue weighted by atomic mass is 79.9. The van der Waals surface area contributed by atoms with Gasteiger partial charge in [0.2, 0.25) is 0 Å². The second-order valence-electron chi connectivity index (χ2n) is 4.04. The molecule has 102 valence electrons. The van der Waals surface area contributed by atoms with E-state index in [2.05, 4.69) is 21.2 Å². The normalized spacial score (nSPS) is 9.85. The molecule has 0 saturated heterocycles. The van der Waals surface area contributed by atoms with Gasteiger partial charge in [0.15, 0.2) is 6.61 Å². The third kappa shape index (κ3) is 4.20. The molecule has 0 aromatic heterocycles. The largest absolute Gasteiger partial charge is 0.484 e. The Kier molecular flexibility index (Phi) is 4.90. The van der Waals surface area contributed by atoms with Crippen LogP contribution in [0.2, 0.25) is 0 Å². The van der Waals surface area contributed by atoms with Crippen LogP contribution in [0.25, 0.3) is 0 Å². The molecule has 20 heavy (non-hydrogen) atoms. The lowest BCUT2D eigenvalue weighted by Gasteiger charge is -2.08. The number of halogens is 1. The predicted octanol–water partition coefficient (Wildman–Crippen LogP) is 3.28. The molecule has 2 aromatic rings. The fourth-order valence-electron chi connectivity index (χ4n) is 1.59. The van der Waals surface area contributed by atoms with Gasteiger partial charge in [-0.05, 0) is 30.3 Å². The van der Waals surface area contributed by atoms with E-state index in [1.807, 2.05) is 12.1 Å². The highest BCUT2D eigenvalue weighted by Crippen LogP contribution is 2.16. The van der Waals surface area contributed by atoms with Crippen LogP contribution in [0.1, 0.15) is 10.4 Å². The second-order valence-corrected chi connectivity index (χ2v) is 4.95. The summed E-state index contributed by atoms with van der Waals surface area (Å²) in [5.41, 5.74) is 1.20. The molecule has 0 saturated carbocycles. The maximum Gasteiger partial charge on any atom is 0.262 e. The number of ether oxygens (including phenoxy) is 1. The topological polar surface area (TPSA) is 55.4 Å². The molecule has 0 aliphatic carbocycles. The molecular weight excluding hydrogens is 322 g/mol. The van der Waals surface area contributed by atoms with Gasteiger partial charge in [-0.2, -0.15) is 0 Å². The van der Waals surface area contributed by atoms with E-state index in [-0.39, 0.29) is 12.5 Å². The molecule has 4 nitrogen and oxygen atoms in total. The molecule has 0 fully saturated rings. The summed E-state index contributed by atoms with van der Waals surface area (Å²) in [7, 11) is 0. The van der Waals surface area contributed by atoms with Gasteiger partial charge in [-0.1, -0.05) is 34.1 Å². The van der Waals surface area contributed by atoms with Crippen molar-refractivity contribution in [1.82, 2.24) is 0 Å². The number of benzene rings is 2. The van der Waals surface area contributed by atoms with E-state index in [9.17, 15) is 9.59 Å². The minimum absolute atomic E-state index is 0.116. The molecule has 0 atom stereocenters. The van der Waals surface area contributed by atoms with Crippen LogP contribution in [-0.4, -0.2) is 18.8 Å². The van der Waals surface area contributed by atoms with Crippen LogP contribution in [-0.2, 0) is 4.79 Å². The van der Waals surface area contributed by atoms with Crippen molar-refractivity contribution in [1.29, 1.82) is 0 Å². The first kappa shape index (κ1) is 14.3. The van der Waals surface area contributed by atoms with Gasteiger partial charge in [0.25, 0.3) is 5.91 Å². The number of nitrogens with one attached hydrogen (secondary N) is 1. The van der Waals surface area contributed by atoms with Crippen molar-refractivity contribution in [3.63, 3.8) is 0 Å². The fourth-order valence-corrected chi connectivity index (χ4v) is 1.99. The molecule has 0 heterocycles. The Bertz CT molecular complexity index is 628. The average molecular weight is 334 g/mol. The van der Waals surface area contributed by atoms with E-state index in [0.717, 1.165) is 10.8 Å². The van der Waals surface area contributed by atoms with Crippen LogP contribution in [0, 0.1) is 0 Å².